The zero-order valence-corrected chi connectivity index (χ0v) is 15.3. The molecule has 0 bridgehead atoms. The van der Waals surface area contributed by atoms with Gasteiger partial charge in [-0.2, -0.15) is 4.68 Å². The molecule has 1 heterocycles. The molecule has 1 atom stereocenters. The van der Waals surface area contributed by atoms with Gasteiger partial charge in [-0.1, -0.05) is 30.0 Å². The van der Waals surface area contributed by atoms with E-state index in [2.05, 4.69) is 20.8 Å². The summed E-state index contributed by atoms with van der Waals surface area (Å²) >= 11 is 1.30. The Balaban J connectivity index is 1.69. The van der Waals surface area contributed by atoms with Crippen molar-refractivity contribution in [3.63, 3.8) is 0 Å². The van der Waals surface area contributed by atoms with Gasteiger partial charge in [-0.05, 0) is 60.7 Å². The van der Waals surface area contributed by atoms with E-state index in [1.807, 2.05) is 68.4 Å². The van der Waals surface area contributed by atoms with Crippen molar-refractivity contribution in [3.8, 4) is 11.4 Å². The number of carbonyl (C=O) groups excluding carboxylic acids is 1. The number of nitrogens with zero attached hydrogens (tertiary/aromatic N) is 4. The van der Waals surface area contributed by atoms with Gasteiger partial charge in [-0.3, -0.25) is 4.79 Å². The molecule has 1 amide bonds. The predicted molar refractivity (Wildman–Crippen MR) is 101 cm³/mol. The number of hydrogen-bond donors (Lipinski definition) is 1. The van der Waals surface area contributed by atoms with Crippen LogP contribution in [0.15, 0.2) is 59.8 Å². The van der Waals surface area contributed by atoms with Crippen LogP contribution in [0.2, 0.25) is 0 Å². The summed E-state index contributed by atoms with van der Waals surface area (Å²) in [5, 5.41) is 14.9. The molecule has 2 aromatic carbocycles. The fourth-order valence-corrected chi connectivity index (χ4v) is 3.05. The summed E-state index contributed by atoms with van der Waals surface area (Å²) in [4.78, 5) is 12.4. The number of aromatic nitrogens is 4. The van der Waals surface area contributed by atoms with Crippen LogP contribution in [0.3, 0.4) is 0 Å². The number of ether oxygens (including phenoxy) is 1. The van der Waals surface area contributed by atoms with Gasteiger partial charge in [0.1, 0.15) is 5.75 Å². The maximum atomic E-state index is 12.4. The molecule has 0 radical (unpaired) electrons. The molecular weight excluding hydrogens is 350 g/mol. The van der Waals surface area contributed by atoms with E-state index in [-0.39, 0.29) is 11.2 Å². The van der Waals surface area contributed by atoms with Crippen molar-refractivity contribution >= 4 is 23.4 Å². The van der Waals surface area contributed by atoms with Gasteiger partial charge in [0.15, 0.2) is 0 Å². The Morgan fingerprint density at radius 2 is 1.92 bits per heavy atom. The van der Waals surface area contributed by atoms with Crippen LogP contribution in [0.5, 0.6) is 5.75 Å². The van der Waals surface area contributed by atoms with Gasteiger partial charge in [0.05, 0.1) is 17.5 Å². The molecule has 1 N–H and O–H groups in total. The number of rotatable bonds is 7. The first-order valence-electron chi connectivity index (χ1n) is 8.21. The van der Waals surface area contributed by atoms with Gasteiger partial charge < -0.3 is 10.1 Å². The van der Waals surface area contributed by atoms with Gasteiger partial charge in [0.25, 0.3) is 0 Å². The Hall–Kier alpha value is -2.87. The van der Waals surface area contributed by atoms with Crippen LogP contribution in [0.4, 0.5) is 5.69 Å². The van der Waals surface area contributed by atoms with Crippen molar-refractivity contribution in [3.05, 3.63) is 54.6 Å². The Bertz CT molecular complexity index is 852. The van der Waals surface area contributed by atoms with Gasteiger partial charge in [-0.15, -0.1) is 5.10 Å². The third-order valence-corrected chi connectivity index (χ3v) is 4.56. The molecule has 0 aliphatic heterocycles. The van der Waals surface area contributed by atoms with Crippen LogP contribution in [0, 0.1) is 0 Å². The number of benzene rings is 2. The number of anilines is 1. The third kappa shape index (κ3) is 4.40. The number of tetrazole rings is 1. The maximum Gasteiger partial charge on any atom is 0.237 e. The van der Waals surface area contributed by atoms with Crippen molar-refractivity contribution in [2.75, 3.05) is 11.9 Å². The normalized spacial score (nSPS) is 11.8. The summed E-state index contributed by atoms with van der Waals surface area (Å²) < 4.78 is 7.05. The highest BCUT2D eigenvalue weighted by atomic mass is 32.2. The van der Waals surface area contributed by atoms with E-state index < -0.39 is 0 Å². The lowest BCUT2D eigenvalue weighted by Crippen LogP contribution is -2.22. The summed E-state index contributed by atoms with van der Waals surface area (Å²) in [6, 6.07) is 16.8. The molecule has 1 aromatic heterocycles. The minimum atomic E-state index is -0.359. The molecule has 0 aliphatic carbocycles. The summed E-state index contributed by atoms with van der Waals surface area (Å²) in [6.07, 6.45) is 0. The van der Waals surface area contributed by atoms with E-state index in [4.69, 9.17) is 4.74 Å². The summed E-state index contributed by atoms with van der Waals surface area (Å²) in [5.41, 5.74) is 1.56. The molecule has 0 saturated heterocycles. The van der Waals surface area contributed by atoms with Crippen LogP contribution in [-0.4, -0.2) is 38.0 Å². The van der Waals surface area contributed by atoms with Crippen LogP contribution in [0.1, 0.15) is 13.8 Å². The molecule has 7 nitrogen and oxygen atoms in total. The Kier molecular flexibility index (Phi) is 5.85. The lowest BCUT2D eigenvalue weighted by atomic mass is 10.3. The fraction of sp³-hybridized carbons (Fsp3) is 0.222. The highest BCUT2D eigenvalue weighted by Gasteiger charge is 2.19. The van der Waals surface area contributed by atoms with Crippen molar-refractivity contribution in [1.29, 1.82) is 0 Å². The smallest absolute Gasteiger partial charge is 0.237 e. The van der Waals surface area contributed by atoms with E-state index >= 15 is 0 Å². The average Bonchev–Trinajstić information content (AvgIpc) is 3.11. The minimum Gasteiger partial charge on any atom is -0.494 e. The van der Waals surface area contributed by atoms with E-state index in [1.54, 1.807) is 4.68 Å². The number of hydrogen-bond acceptors (Lipinski definition) is 6. The second-order valence-electron chi connectivity index (χ2n) is 5.42. The monoisotopic (exact) mass is 369 g/mol. The standard InChI is InChI=1S/C18H19N5O2S/c1-3-25-16-11-9-15(10-12-16)23-18(20-21-22-23)26-13(2)17(24)19-14-7-5-4-6-8-14/h4-13H,3H2,1-2H3,(H,19,24). The van der Waals surface area contributed by atoms with Crippen LogP contribution in [-0.2, 0) is 4.79 Å². The first-order chi connectivity index (χ1) is 12.7. The number of amides is 1. The van der Waals surface area contributed by atoms with Crippen molar-refractivity contribution in [2.24, 2.45) is 0 Å². The molecule has 0 aliphatic rings. The van der Waals surface area contributed by atoms with Gasteiger partial charge >= 0.3 is 0 Å². The van der Waals surface area contributed by atoms with E-state index in [9.17, 15) is 4.79 Å². The second kappa shape index (κ2) is 8.48. The Morgan fingerprint density at radius 3 is 2.62 bits per heavy atom. The third-order valence-electron chi connectivity index (χ3n) is 3.53. The lowest BCUT2D eigenvalue weighted by Gasteiger charge is -2.12. The molecule has 3 aromatic rings. The van der Waals surface area contributed by atoms with Crippen LogP contribution in [0.25, 0.3) is 5.69 Å². The fourth-order valence-electron chi connectivity index (χ4n) is 2.24. The van der Waals surface area contributed by atoms with Gasteiger partial charge in [-0.25, -0.2) is 0 Å². The van der Waals surface area contributed by atoms with Gasteiger partial charge in [0.2, 0.25) is 11.1 Å². The number of carbonyl (C=O) groups is 1. The highest BCUT2D eigenvalue weighted by molar-refractivity contribution is 8.00. The lowest BCUT2D eigenvalue weighted by molar-refractivity contribution is -0.115. The molecule has 0 spiro atoms. The molecule has 134 valence electrons. The van der Waals surface area contributed by atoms with E-state index in [0.717, 1.165) is 17.1 Å². The summed E-state index contributed by atoms with van der Waals surface area (Å²) in [7, 11) is 0. The quantitative estimate of drug-likeness (QED) is 0.644. The zero-order valence-electron chi connectivity index (χ0n) is 14.5. The molecule has 3 rings (SSSR count). The highest BCUT2D eigenvalue weighted by Crippen LogP contribution is 2.24. The van der Waals surface area contributed by atoms with Gasteiger partial charge in [0, 0.05) is 5.69 Å². The Morgan fingerprint density at radius 1 is 1.19 bits per heavy atom. The largest absolute Gasteiger partial charge is 0.494 e. The molecule has 0 saturated carbocycles. The minimum absolute atomic E-state index is 0.109. The average molecular weight is 369 g/mol. The van der Waals surface area contributed by atoms with E-state index in [0.29, 0.717) is 11.8 Å². The maximum absolute atomic E-state index is 12.4. The van der Waals surface area contributed by atoms with Crippen LogP contribution < -0.4 is 10.1 Å². The molecule has 26 heavy (non-hydrogen) atoms. The Labute approximate surface area is 155 Å². The number of thioether (sulfide) groups is 1. The molecule has 1 unspecified atom stereocenters. The number of para-hydroxylation sites is 1. The van der Waals surface area contributed by atoms with Crippen LogP contribution >= 0.6 is 11.8 Å². The molecule has 8 heteroatoms. The molecular formula is C18H19N5O2S. The first kappa shape index (κ1) is 17.9. The second-order valence-corrected chi connectivity index (χ2v) is 6.72. The summed E-state index contributed by atoms with van der Waals surface area (Å²) in [6.45, 7) is 4.37. The number of nitrogens with one attached hydrogen (secondary N) is 1. The molecule has 0 fully saturated rings. The zero-order chi connectivity index (χ0) is 18.4. The topological polar surface area (TPSA) is 81.9 Å². The van der Waals surface area contributed by atoms with Crippen molar-refractivity contribution in [1.82, 2.24) is 20.2 Å². The summed E-state index contributed by atoms with van der Waals surface area (Å²) in [5.74, 6) is 0.677. The first-order valence-corrected chi connectivity index (χ1v) is 9.09. The van der Waals surface area contributed by atoms with Crippen molar-refractivity contribution in [2.45, 2.75) is 24.3 Å². The predicted octanol–water partition coefficient (Wildman–Crippen LogP) is 3.18. The van der Waals surface area contributed by atoms with Crippen molar-refractivity contribution < 1.29 is 9.53 Å². The SMILES string of the molecule is CCOc1ccc(-n2nnnc2SC(C)C(=O)Nc2ccccc2)cc1. The van der Waals surface area contributed by atoms with E-state index in [1.165, 1.54) is 11.8 Å².